The summed E-state index contributed by atoms with van der Waals surface area (Å²) in [7, 11) is 0. The van der Waals surface area contributed by atoms with E-state index in [1.165, 1.54) is 18.5 Å². The van der Waals surface area contributed by atoms with Crippen molar-refractivity contribution in [3.05, 3.63) is 29.8 Å². The topological polar surface area (TPSA) is 20.3 Å². The maximum atomic E-state index is 11.6. The third kappa shape index (κ3) is 3.41. The second-order valence-corrected chi connectivity index (χ2v) is 6.95. The van der Waals surface area contributed by atoms with Crippen LogP contribution in [0.1, 0.15) is 57.3 Å². The first kappa shape index (κ1) is 15.1. The van der Waals surface area contributed by atoms with Crippen LogP contribution >= 0.6 is 0 Å². The molecule has 110 valence electrons. The molecule has 0 atom stereocenters. The largest absolute Gasteiger partial charge is 0.372 e. The lowest BCUT2D eigenvalue weighted by atomic mass is 9.75. The zero-order valence-corrected chi connectivity index (χ0v) is 13.3. The normalized spacial score (nSPS) is 17.3. The zero-order valence-electron chi connectivity index (χ0n) is 13.3. The summed E-state index contributed by atoms with van der Waals surface area (Å²) >= 11 is 0. The second kappa shape index (κ2) is 5.99. The molecule has 20 heavy (non-hydrogen) atoms. The van der Waals surface area contributed by atoms with E-state index in [2.05, 4.69) is 37.8 Å². The van der Waals surface area contributed by atoms with Gasteiger partial charge in [0, 0.05) is 30.8 Å². The van der Waals surface area contributed by atoms with Crippen LogP contribution in [0.3, 0.4) is 0 Å². The van der Waals surface area contributed by atoms with Gasteiger partial charge in [-0.1, -0.05) is 27.7 Å². The van der Waals surface area contributed by atoms with Crippen molar-refractivity contribution in [2.24, 2.45) is 11.3 Å². The van der Waals surface area contributed by atoms with E-state index in [0.717, 1.165) is 24.6 Å². The Hall–Kier alpha value is -1.31. The molecule has 0 bridgehead atoms. The minimum absolute atomic E-state index is 0.225. The van der Waals surface area contributed by atoms with Crippen LogP contribution in [0.5, 0.6) is 0 Å². The maximum Gasteiger partial charge on any atom is 0.162 e. The van der Waals surface area contributed by atoms with Gasteiger partial charge >= 0.3 is 0 Å². The number of anilines is 1. The molecule has 0 amide bonds. The fourth-order valence-electron chi connectivity index (χ4n) is 3.07. The van der Waals surface area contributed by atoms with E-state index in [9.17, 15) is 4.79 Å². The number of carbonyl (C=O) groups is 1. The average Bonchev–Trinajstić information content (AvgIpc) is 2.46. The number of carbonyl (C=O) groups excluding carboxylic acids is 1. The molecule has 1 saturated heterocycles. The summed E-state index contributed by atoms with van der Waals surface area (Å²) in [6, 6.07) is 8.13. The van der Waals surface area contributed by atoms with Crippen LogP contribution < -0.4 is 4.90 Å². The van der Waals surface area contributed by atoms with Crippen LogP contribution in [0.15, 0.2) is 24.3 Å². The third-order valence-corrected chi connectivity index (χ3v) is 4.60. The SMILES string of the molecule is CCC(=O)c1ccc(N2CCC(C(C)(C)C)CC2)cc1. The van der Waals surface area contributed by atoms with Crippen LogP contribution in [-0.4, -0.2) is 18.9 Å². The molecule has 0 aliphatic carbocycles. The Morgan fingerprint density at radius 1 is 1.15 bits per heavy atom. The molecular formula is C18H27NO. The van der Waals surface area contributed by atoms with E-state index in [1.54, 1.807) is 0 Å². The van der Waals surface area contributed by atoms with Gasteiger partial charge in [-0.3, -0.25) is 4.79 Å². The van der Waals surface area contributed by atoms with Crippen molar-refractivity contribution < 1.29 is 4.79 Å². The lowest BCUT2D eigenvalue weighted by Crippen LogP contribution is -2.38. The number of Topliss-reactive ketones (excluding diaryl/α,β-unsaturated/α-hetero) is 1. The van der Waals surface area contributed by atoms with Gasteiger partial charge in [0.2, 0.25) is 0 Å². The van der Waals surface area contributed by atoms with Crippen molar-refractivity contribution in [1.82, 2.24) is 0 Å². The quantitative estimate of drug-likeness (QED) is 0.753. The first-order valence-corrected chi connectivity index (χ1v) is 7.80. The first-order valence-electron chi connectivity index (χ1n) is 7.80. The lowest BCUT2D eigenvalue weighted by Gasteiger charge is -2.39. The second-order valence-electron chi connectivity index (χ2n) is 6.95. The smallest absolute Gasteiger partial charge is 0.162 e. The van der Waals surface area contributed by atoms with Crippen molar-refractivity contribution in [2.45, 2.75) is 47.0 Å². The fraction of sp³-hybridized carbons (Fsp3) is 0.611. The van der Waals surface area contributed by atoms with E-state index in [1.807, 2.05) is 19.1 Å². The minimum Gasteiger partial charge on any atom is -0.372 e. The van der Waals surface area contributed by atoms with E-state index in [4.69, 9.17) is 0 Å². The summed E-state index contributed by atoms with van der Waals surface area (Å²) in [5.74, 6) is 1.04. The highest BCUT2D eigenvalue weighted by atomic mass is 16.1. The Bertz CT molecular complexity index is 447. The predicted octanol–water partition coefficient (Wildman–Crippen LogP) is 4.54. The van der Waals surface area contributed by atoms with Crippen molar-refractivity contribution in [3.63, 3.8) is 0 Å². The highest BCUT2D eigenvalue weighted by molar-refractivity contribution is 5.96. The Balaban J connectivity index is 1.99. The summed E-state index contributed by atoms with van der Waals surface area (Å²) in [6.07, 6.45) is 3.11. The lowest BCUT2D eigenvalue weighted by molar-refractivity contribution is 0.0988. The molecule has 0 spiro atoms. The molecule has 0 N–H and O–H groups in total. The molecule has 1 fully saturated rings. The van der Waals surface area contributed by atoms with Crippen LogP contribution in [0.4, 0.5) is 5.69 Å². The zero-order chi connectivity index (χ0) is 14.8. The Morgan fingerprint density at radius 2 is 1.70 bits per heavy atom. The van der Waals surface area contributed by atoms with Crippen LogP contribution in [-0.2, 0) is 0 Å². The molecule has 1 aromatic rings. The van der Waals surface area contributed by atoms with Crippen LogP contribution in [0.2, 0.25) is 0 Å². The first-order chi connectivity index (χ1) is 9.41. The van der Waals surface area contributed by atoms with Gasteiger partial charge in [0.25, 0.3) is 0 Å². The number of hydrogen-bond donors (Lipinski definition) is 0. The van der Waals surface area contributed by atoms with Gasteiger partial charge in [-0.2, -0.15) is 0 Å². The number of piperidine rings is 1. The van der Waals surface area contributed by atoms with Gasteiger partial charge in [0.15, 0.2) is 5.78 Å². The van der Waals surface area contributed by atoms with Crippen molar-refractivity contribution in [2.75, 3.05) is 18.0 Å². The molecule has 2 rings (SSSR count). The molecule has 0 radical (unpaired) electrons. The van der Waals surface area contributed by atoms with Gasteiger partial charge in [0.1, 0.15) is 0 Å². The molecule has 1 aliphatic rings. The molecule has 2 nitrogen and oxygen atoms in total. The van der Waals surface area contributed by atoms with Crippen molar-refractivity contribution in [3.8, 4) is 0 Å². The van der Waals surface area contributed by atoms with Gasteiger partial charge < -0.3 is 4.90 Å². The van der Waals surface area contributed by atoms with Gasteiger partial charge in [-0.05, 0) is 48.4 Å². The molecule has 0 saturated carbocycles. The summed E-state index contributed by atoms with van der Waals surface area (Å²) in [6.45, 7) is 11.2. The van der Waals surface area contributed by atoms with Crippen molar-refractivity contribution in [1.29, 1.82) is 0 Å². The number of hydrogen-bond acceptors (Lipinski definition) is 2. The van der Waals surface area contributed by atoms with E-state index in [-0.39, 0.29) is 5.78 Å². The third-order valence-electron chi connectivity index (χ3n) is 4.60. The number of benzene rings is 1. The molecule has 2 heteroatoms. The minimum atomic E-state index is 0.225. The Morgan fingerprint density at radius 3 is 2.15 bits per heavy atom. The van der Waals surface area contributed by atoms with Crippen LogP contribution in [0.25, 0.3) is 0 Å². The molecular weight excluding hydrogens is 246 g/mol. The highest BCUT2D eigenvalue weighted by Gasteiger charge is 2.28. The van der Waals surface area contributed by atoms with E-state index >= 15 is 0 Å². The highest BCUT2D eigenvalue weighted by Crippen LogP contribution is 2.35. The summed E-state index contributed by atoms with van der Waals surface area (Å²) in [4.78, 5) is 14.1. The average molecular weight is 273 g/mol. The van der Waals surface area contributed by atoms with Crippen molar-refractivity contribution >= 4 is 11.5 Å². The van der Waals surface area contributed by atoms with Gasteiger partial charge in [-0.25, -0.2) is 0 Å². The summed E-state index contributed by atoms with van der Waals surface area (Å²) < 4.78 is 0. The fourth-order valence-corrected chi connectivity index (χ4v) is 3.07. The van der Waals surface area contributed by atoms with Gasteiger partial charge in [-0.15, -0.1) is 0 Å². The van der Waals surface area contributed by atoms with E-state index < -0.39 is 0 Å². The molecule has 0 unspecified atom stereocenters. The van der Waals surface area contributed by atoms with E-state index in [0.29, 0.717) is 11.8 Å². The molecule has 0 aromatic heterocycles. The Labute approximate surface area is 123 Å². The standard InChI is InChI=1S/C18H27NO/c1-5-17(20)14-6-8-16(9-7-14)19-12-10-15(11-13-19)18(2,3)4/h6-9,15H,5,10-13H2,1-4H3. The monoisotopic (exact) mass is 273 g/mol. The Kier molecular flexibility index (Phi) is 4.52. The van der Waals surface area contributed by atoms with Crippen LogP contribution in [0, 0.1) is 11.3 Å². The number of rotatable bonds is 3. The molecule has 1 heterocycles. The summed E-state index contributed by atoms with van der Waals surface area (Å²) in [5, 5.41) is 0. The predicted molar refractivity (Wildman–Crippen MR) is 85.5 cm³/mol. The maximum absolute atomic E-state index is 11.6. The van der Waals surface area contributed by atoms with Gasteiger partial charge in [0.05, 0.1) is 0 Å². The summed E-state index contributed by atoms with van der Waals surface area (Å²) in [5.41, 5.74) is 2.51. The molecule has 1 aromatic carbocycles. The number of ketones is 1. The number of nitrogens with zero attached hydrogens (tertiary/aromatic N) is 1. The molecule has 1 aliphatic heterocycles.